The van der Waals surface area contributed by atoms with Crippen LogP contribution in [0, 0.1) is 19.7 Å². The van der Waals surface area contributed by atoms with Crippen molar-refractivity contribution in [3.8, 4) is 11.4 Å². The first-order valence-electron chi connectivity index (χ1n) is 10.4. The molecule has 1 amide bonds. The van der Waals surface area contributed by atoms with E-state index in [0.29, 0.717) is 5.56 Å². The highest BCUT2D eigenvalue weighted by Gasteiger charge is 2.31. The number of ketones is 1. The van der Waals surface area contributed by atoms with Crippen LogP contribution in [-0.2, 0) is 17.5 Å². The van der Waals surface area contributed by atoms with Crippen molar-refractivity contribution in [2.24, 2.45) is 0 Å². The fourth-order valence-corrected chi connectivity index (χ4v) is 3.68. The molecule has 2 aromatic heterocycles. The van der Waals surface area contributed by atoms with Crippen LogP contribution in [0.4, 0.5) is 17.6 Å². The first-order chi connectivity index (χ1) is 16.6. The van der Waals surface area contributed by atoms with E-state index in [1.54, 1.807) is 12.3 Å². The number of aromatic nitrogens is 4. The summed E-state index contributed by atoms with van der Waals surface area (Å²) in [6.45, 7) is 2.87. The zero-order chi connectivity index (χ0) is 25.3. The molecule has 0 fully saturated rings. The molecule has 0 aliphatic heterocycles. The molecule has 180 valence electrons. The molecule has 0 bridgehead atoms. The van der Waals surface area contributed by atoms with Gasteiger partial charge in [0.15, 0.2) is 0 Å². The van der Waals surface area contributed by atoms with Gasteiger partial charge in [-0.1, -0.05) is 12.1 Å². The Kier molecular flexibility index (Phi) is 6.25. The average molecular weight is 485 g/mol. The van der Waals surface area contributed by atoms with E-state index in [0.717, 1.165) is 12.1 Å². The van der Waals surface area contributed by atoms with Crippen molar-refractivity contribution in [2.75, 3.05) is 0 Å². The molecular weight excluding hydrogens is 466 g/mol. The maximum absolute atomic E-state index is 14.4. The van der Waals surface area contributed by atoms with E-state index in [1.807, 2.05) is 0 Å². The summed E-state index contributed by atoms with van der Waals surface area (Å²) in [6, 6.07) is 8.86. The smallest absolute Gasteiger partial charge is 0.345 e. The van der Waals surface area contributed by atoms with Crippen molar-refractivity contribution < 1.29 is 27.2 Å². The normalized spacial score (nSPS) is 11.5. The molecule has 2 heterocycles. The highest BCUT2D eigenvalue weighted by atomic mass is 19.4. The van der Waals surface area contributed by atoms with Crippen LogP contribution in [0.5, 0.6) is 0 Å². The Bertz CT molecular complexity index is 1410. The second-order valence-corrected chi connectivity index (χ2v) is 7.77. The number of amides is 1. The minimum atomic E-state index is -4.54. The second-order valence-electron chi connectivity index (χ2n) is 7.77. The fourth-order valence-electron chi connectivity index (χ4n) is 3.68. The summed E-state index contributed by atoms with van der Waals surface area (Å²) in [5.41, 5.74) is 0.352. The molecule has 2 aromatic carbocycles. The zero-order valence-corrected chi connectivity index (χ0v) is 18.6. The summed E-state index contributed by atoms with van der Waals surface area (Å²) in [7, 11) is 0. The molecule has 1 N–H and O–H groups in total. The van der Waals surface area contributed by atoms with Crippen LogP contribution < -0.4 is 5.32 Å². The predicted molar refractivity (Wildman–Crippen MR) is 118 cm³/mol. The number of benzene rings is 2. The summed E-state index contributed by atoms with van der Waals surface area (Å²) >= 11 is 0. The van der Waals surface area contributed by atoms with Crippen LogP contribution in [-0.4, -0.2) is 31.0 Å². The third-order valence-electron chi connectivity index (χ3n) is 5.39. The van der Waals surface area contributed by atoms with Crippen LogP contribution in [0.1, 0.15) is 32.9 Å². The van der Waals surface area contributed by atoms with Crippen molar-refractivity contribution in [1.29, 1.82) is 0 Å². The van der Waals surface area contributed by atoms with Gasteiger partial charge in [-0.05, 0) is 49.7 Å². The van der Waals surface area contributed by atoms with Crippen LogP contribution in [0.3, 0.4) is 0 Å². The SMILES string of the molecule is Cc1nn(-c2cccc(C(F)(F)F)c2)c(C)c1C(=O)C(=O)NCc1ccc(-n2ccnc2)c(F)c1. The standard InChI is InChI=1S/C24H19F4N5O2/c1-14-21(15(2)33(31-14)18-5-3-4-17(11-18)24(26,27)28)22(34)23(35)30-12-16-6-7-20(19(25)10-16)32-9-8-29-13-32/h3-11,13H,12H2,1-2H3,(H,30,35). The molecule has 0 saturated carbocycles. The lowest BCUT2D eigenvalue weighted by molar-refractivity contribution is -0.137. The monoisotopic (exact) mass is 485 g/mol. The van der Waals surface area contributed by atoms with E-state index in [-0.39, 0.29) is 34.9 Å². The lowest BCUT2D eigenvalue weighted by Crippen LogP contribution is -2.31. The molecule has 0 saturated heterocycles. The van der Waals surface area contributed by atoms with Gasteiger partial charge in [0.1, 0.15) is 5.82 Å². The zero-order valence-electron chi connectivity index (χ0n) is 18.6. The van der Waals surface area contributed by atoms with Gasteiger partial charge >= 0.3 is 6.18 Å². The molecule has 4 rings (SSSR count). The van der Waals surface area contributed by atoms with Gasteiger partial charge in [-0.15, -0.1) is 0 Å². The highest BCUT2D eigenvalue weighted by Crippen LogP contribution is 2.31. The third-order valence-corrected chi connectivity index (χ3v) is 5.39. The summed E-state index contributed by atoms with van der Waals surface area (Å²) in [6.07, 6.45) is 0.00485. The second kappa shape index (κ2) is 9.16. The number of halogens is 4. The Balaban J connectivity index is 1.51. The lowest BCUT2D eigenvalue weighted by Gasteiger charge is -2.10. The molecule has 0 unspecified atom stereocenters. The Morgan fingerprint density at radius 2 is 1.86 bits per heavy atom. The first kappa shape index (κ1) is 23.9. The van der Waals surface area contributed by atoms with Gasteiger partial charge in [0.25, 0.3) is 11.7 Å². The molecule has 0 spiro atoms. The van der Waals surface area contributed by atoms with Crippen LogP contribution in [0.15, 0.2) is 61.2 Å². The Morgan fingerprint density at radius 1 is 1.09 bits per heavy atom. The van der Waals surface area contributed by atoms with E-state index >= 15 is 0 Å². The number of hydrogen-bond donors (Lipinski definition) is 1. The maximum atomic E-state index is 14.4. The van der Waals surface area contributed by atoms with Gasteiger partial charge in [0, 0.05) is 18.9 Å². The molecule has 0 atom stereocenters. The number of alkyl halides is 3. The van der Waals surface area contributed by atoms with Gasteiger partial charge in [-0.2, -0.15) is 18.3 Å². The summed E-state index contributed by atoms with van der Waals surface area (Å²) in [4.78, 5) is 29.2. The van der Waals surface area contributed by atoms with Crippen LogP contribution in [0.2, 0.25) is 0 Å². The van der Waals surface area contributed by atoms with E-state index in [9.17, 15) is 27.2 Å². The quantitative estimate of drug-likeness (QED) is 0.250. The predicted octanol–water partition coefficient (Wildman–Crippen LogP) is 4.33. The topological polar surface area (TPSA) is 81.8 Å². The molecule has 35 heavy (non-hydrogen) atoms. The van der Waals surface area contributed by atoms with E-state index in [1.165, 1.54) is 59.9 Å². The molecule has 0 aliphatic carbocycles. The van der Waals surface area contributed by atoms with Crippen molar-refractivity contribution >= 4 is 11.7 Å². The number of carbonyl (C=O) groups excluding carboxylic acids is 2. The molecule has 11 heteroatoms. The molecular formula is C24H19F4N5O2. The number of carbonyl (C=O) groups is 2. The van der Waals surface area contributed by atoms with Gasteiger partial charge < -0.3 is 9.88 Å². The van der Waals surface area contributed by atoms with Crippen molar-refractivity contribution in [3.05, 3.63) is 95.1 Å². The average Bonchev–Trinajstić information content (AvgIpc) is 3.44. The molecule has 7 nitrogen and oxygen atoms in total. The van der Waals surface area contributed by atoms with Crippen molar-refractivity contribution in [1.82, 2.24) is 24.6 Å². The van der Waals surface area contributed by atoms with Crippen molar-refractivity contribution in [2.45, 2.75) is 26.6 Å². The Hall–Kier alpha value is -4.28. The van der Waals surface area contributed by atoms with Crippen molar-refractivity contribution in [3.63, 3.8) is 0 Å². The van der Waals surface area contributed by atoms with Gasteiger partial charge in [0.2, 0.25) is 0 Å². The number of nitrogens with one attached hydrogen (secondary N) is 1. The molecule has 0 aliphatic rings. The Morgan fingerprint density at radius 3 is 2.51 bits per heavy atom. The number of nitrogens with zero attached hydrogens (tertiary/aromatic N) is 4. The highest BCUT2D eigenvalue weighted by molar-refractivity contribution is 6.43. The number of imidazole rings is 1. The van der Waals surface area contributed by atoms with Crippen LogP contribution >= 0.6 is 0 Å². The molecule has 4 aromatic rings. The van der Waals surface area contributed by atoms with Crippen LogP contribution in [0.25, 0.3) is 11.4 Å². The number of hydrogen-bond acceptors (Lipinski definition) is 4. The summed E-state index contributed by atoms with van der Waals surface area (Å²) in [5.74, 6) is -2.37. The third kappa shape index (κ3) is 4.84. The number of Topliss-reactive ketones (excluding diaryl/α,β-unsaturated/α-hetero) is 1. The van der Waals surface area contributed by atoms with Gasteiger partial charge in [-0.3, -0.25) is 9.59 Å². The maximum Gasteiger partial charge on any atom is 0.416 e. The largest absolute Gasteiger partial charge is 0.416 e. The number of aryl methyl sites for hydroxylation is 1. The summed E-state index contributed by atoms with van der Waals surface area (Å²) < 4.78 is 56.4. The Labute approximate surface area is 197 Å². The lowest BCUT2D eigenvalue weighted by atomic mass is 10.1. The van der Waals surface area contributed by atoms with E-state index < -0.39 is 29.2 Å². The van der Waals surface area contributed by atoms with Gasteiger partial charge in [-0.25, -0.2) is 14.1 Å². The summed E-state index contributed by atoms with van der Waals surface area (Å²) in [5, 5.41) is 6.61. The van der Waals surface area contributed by atoms with E-state index in [4.69, 9.17) is 0 Å². The van der Waals surface area contributed by atoms with E-state index in [2.05, 4.69) is 15.4 Å². The number of rotatable bonds is 6. The minimum absolute atomic E-state index is 0.0125. The molecule has 0 radical (unpaired) electrons. The first-order valence-corrected chi connectivity index (χ1v) is 10.4. The van der Waals surface area contributed by atoms with Gasteiger partial charge in [0.05, 0.1) is 40.2 Å². The minimum Gasteiger partial charge on any atom is -0.345 e. The fraction of sp³-hybridized carbons (Fsp3) is 0.167.